The summed E-state index contributed by atoms with van der Waals surface area (Å²) >= 11 is 13.5. The van der Waals surface area contributed by atoms with Gasteiger partial charge in [0.15, 0.2) is 0 Å². The van der Waals surface area contributed by atoms with Crippen LogP contribution in [0.4, 0.5) is 17.5 Å². The third-order valence-corrected chi connectivity index (χ3v) is 8.46. The molecule has 4 unspecified atom stereocenters. The first-order valence-electron chi connectivity index (χ1n) is 13.9. The molecule has 0 bridgehead atoms. The lowest BCUT2D eigenvalue weighted by atomic mass is 9.90. The summed E-state index contributed by atoms with van der Waals surface area (Å²) in [5, 5.41) is 29.2. The molecule has 4 atom stereocenters. The number of hydrogen-bond donors (Lipinski definition) is 4. The summed E-state index contributed by atoms with van der Waals surface area (Å²) in [4.78, 5) is 13.0. The van der Waals surface area contributed by atoms with Gasteiger partial charge in [-0.1, -0.05) is 73.0 Å². The second kappa shape index (κ2) is 13.4. The van der Waals surface area contributed by atoms with Gasteiger partial charge >= 0.3 is 0 Å². The second-order valence-electron chi connectivity index (χ2n) is 10.4. The van der Waals surface area contributed by atoms with Crippen molar-refractivity contribution in [3.63, 3.8) is 0 Å². The quantitative estimate of drug-likeness (QED) is 0.185. The number of aromatic nitrogens is 2. The van der Waals surface area contributed by atoms with Crippen LogP contribution in [0.25, 0.3) is 0 Å². The molecule has 4 N–H and O–H groups in total. The Morgan fingerprint density at radius 1 is 1.10 bits per heavy atom. The summed E-state index contributed by atoms with van der Waals surface area (Å²) < 4.78 is 11.0. The SMILES string of the molecule is C=CC(O)NC1CCCCC1Nc1ncc2c(n1)N(Cc1ccccc1)C(O)N(c1c(Cl)c(OC)cc(OC)c1Cl)C2. The standard InChI is InChI=1S/C30H36Cl2N6O4/c1-4-24(39)34-20-12-8-9-13-21(20)35-29-33-15-19-17-37(27-25(31)22(41-2)14-23(42-3)26(27)32)30(40)38(28(19)36-29)16-18-10-6-5-7-11-18/h4-7,10-11,14-15,20-21,24,30,34,39-40H,1,8-9,12-13,16-17H2,2-3H3,(H,33,35,36). The van der Waals surface area contributed by atoms with E-state index in [1.54, 1.807) is 22.1 Å². The number of halogens is 2. The van der Waals surface area contributed by atoms with Gasteiger partial charge in [0, 0.05) is 36.5 Å². The maximum Gasteiger partial charge on any atom is 0.224 e. The van der Waals surface area contributed by atoms with Gasteiger partial charge < -0.3 is 34.8 Å². The minimum atomic E-state index is -1.18. The molecule has 0 radical (unpaired) electrons. The van der Waals surface area contributed by atoms with Crippen molar-refractivity contribution in [3.8, 4) is 11.5 Å². The number of hydrogen-bond acceptors (Lipinski definition) is 10. The third-order valence-electron chi connectivity index (χ3n) is 7.73. The zero-order valence-electron chi connectivity index (χ0n) is 23.6. The highest BCUT2D eigenvalue weighted by molar-refractivity contribution is 6.41. The average molecular weight is 616 g/mol. The molecule has 2 aliphatic rings. The van der Waals surface area contributed by atoms with Crippen molar-refractivity contribution in [2.45, 2.75) is 63.4 Å². The van der Waals surface area contributed by atoms with Gasteiger partial charge in [-0.2, -0.15) is 4.98 Å². The number of ether oxygens (including phenoxy) is 2. The van der Waals surface area contributed by atoms with Crippen LogP contribution in [0.1, 0.15) is 36.8 Å². The normalized spacial score (nSPS) is 21.0. The molecule has 1 saturated carbocycles. The predicted molar refractivity (Wildman–Crippen MR) is 165 cm³/mol. The van der Waals surface area contributed by atoms with Crippen LogP contribution in [0.2, 0.25) is 10.0 Å². The zero-order chi connectivity index (χ0) is 29.8. The van der Waals surface area contributed by atoms with Crippen molar-refractivity contribution < 1.29 is 19.7 Å². The van der Waals surface area contributed by atoms with Gasteiger partial charge in [-0.3, -0.25) is 5.32 Å². The van der Waals surface area contributed by atoms with Crippen LogP contribution < -0.4 is 29.9 Å². The van der Waals surface area contributed by atoms with Crippen LogP contribution >= 0.6 is 23.2 Å². The third kappa shape index (κ3) is 6.23. The number of benzene rings is 2. The lowest BCUT2D eigenvalue weighted by molar-refractivity contribution is 0.150. The minimum Gasteiger partial charge on any atom is -0.495 e. The van der Waals surface area contributed by atoms with E-state index < -0.39 is 12.6 Å². The molecule has 2 aromatic carbocycles. The molecule has 5 rings (SSSR count). The molecule has 1 aliphatic carbocycles. The van der Waals surface area contributed by atoms with Crippen LogP contribution in [-0.4, -0.2) is 59.1 Å². The van der Waals surface area contributed by atoms with Crippen molar-refractivity contribution in [2.24, 2.45) is 0 Å². The number of fused-ring (bicyclic) bond motifs is 1. The summed E-state index contributed by atoms with van der Waals surface area (Å²) in [7, 11) is 3.02. The Bertz CT molecular complexity index is 1370. The van der Waals surface area contributed by atoms with E-state index in [-0.39, 0.29) is 28.7 Å². The maximum atomic E-state index is 11.9. The van der Waals surface area contributed by atoms with Gasteiger partial charge in [0.25, 0.3) is 0 Å². The molecule has 0 saturated heterocycles. The molecule has 2 heterocycles. The minimum absolute atomic E-state index is 0.0147. The molecule has 1 fully saturated rings. The Labute approximate surface area is 255 Å². The Kier molecular flexibility index (Phi) is 9.60. The molecule has 3 aromatic rings. The molecule has 1 aromatic heterocycles. The van der Waals surface area contributed by atoms with E-state index in [1.165, 1.54) is 20.3 Å². The number of methoxy groups -OCH3 is 2. The van der Waals surface area contributed by atoms with Crippen molar-refractivity contribution in [3.05, 3.63) is 76.4 Å². The van der Waals surface area contributed by atoms with Crippen molar-refractivity contribution in [2.75, 3.05) is 29.3 Å². The number of nitrogens with one attached hydrogen (secondary N) is 2. The largest absolute Gasteiger partial charge is 0.495 e. The van der Waals surface area contributed by atoms with Crippen molar-refractivity contribution in [1.29, 1.82) is 0 Å². The fourth-order valence-electron chi connectivity index (χ4n) is 5.58. The Hall–Kier alpha value is -3.28. The number of rotatable bonds is 10. The van der Waals surface area contributed by atoms with Crippen molar-refractivity contribution >= 4 is 40.7 Å². The predicted octanol–water partition coefficient (Wildman–Crippen LogP) is 4.92. The van der Waals surface area contributed by atoms with Gasteiger partial charge in [-0.15, -0.1) is 0 Å². The van der Waals surface area contributed by atoms with Crippen molar-refractivity contribution in [1.82, 2.24) is 15.3 Å². The lowest BCUT2D eigenvalue weighted by Gasteiger charge is -2.44. The van der Waals surface area contributed by atoms with E-state index >= 15 is 0 Å². The average Bonchev–Trinajstić information content (AvgIpc) is 3.01. The molecule has 0 spiro atoms. The van der Waals surface area contributed by atoms with E-state index in [1.807, 2.05) is 30.3 Å². The molecule has 12 heteroatoms. The highest BCUT2D eigenvalue weighted by Gasteiger charge is 2.37. The summed E-state index contributed by atoms with van der Waals surface area (Å²) in [5.74, 6) is 1.77. The zero-order valence-corrected chi connectivity index (χ0v) is 25.1. The Balaban J connectivity index is 1.52. The number of anilines is 3. The highest BCUT2D eigenvalue weighted by Crippen LogP contribution is 2.48. The van der Waals surface area contributed by atoms with Gasteiger partial charge in [0.05, 0.1) is 26.5 Å². The fourth-order valence-corrected chi connectivity index (χ4v) is 6.30. The first kappa shape index (κ1) is 30.2. The molecule has 0 amide bonds. The number of aliphatic hydroxyl groups excluding tert-OH is 2. The van der Waals surface area contributed by atoms with Gasteiger partial charge in [-0.05, 0) is 24.5 Å². The molecule has 10 nitrogen and oxygen atoms in total. The monoisotopic (exact) mass is 614 g/mol. The molecule has 42 heavy (non-hydrogen) atoms. The lowest BCUT2D eigenvalue weighted by Crippen LogP contribution is -2.53. The summed E-state index contributed by atoms with van der Waals surface area (Å²) in [6.45, 7) is 4.26. The van der Waals surface area contributed by atoms with E-state index in [2.05, 4.69) is 22.2 Å². The van der Waals surface area contributed by atoms with Crippen LogP contribution in [0.3, 0.4) is 0 Å². The molecule has 1 aliphatic heterocycles. The Morgan fingerprint density at radius 2 is 1.76 bits per heavy atom. The topological polar surface area (TPSA) is 115 Å². The highest BCUT2D eigenvalue weighted by atomic mass is 35.5. The van der Waals surface area contributed by atoms with E-state index in [4.69, 9.17) is 37.7 Å². The summed E-state index contributed by atoms with van der Waals surface area (Å²) in [5.41, 5.74) is 2.13. The van der Waals surface area contributed by atoms with Gasteiger partial charge in [-0.25, -0.2) is 4.98 Å². The molecule has 224 valence electrons. The maximum absolute atomic E-state index is 11.9. The van der Waals surface area contributed by atoms with Crippen LogP contribution in [-0.2, 0) is 13.1 Å². The van der Waals surface area contributed by atoms with E-state index in [0.29, 0.717) is 35.5 Å². The van der Waals surface area contributed by atoms with Crippen LogP contribution in [0.15, 0.2) is 55.3 Å². The molecular formula is C30H36Cl2N6O4. The Morgan fingerprint density at radius 3 is 2.40 bits per heavy atom. The smallest absolute Gasteiger partial charge is 0.224 e. The van der Waals surface area contributed by atoms with E-state index in [0.717, 1.165) is 36.8 Å². The van der Waals surface area contributed by atoms with Crippen LogP contribution in [0.5, 0.6) is 11.5 Å². The van der Waals surface area contributed by atoms with Gasteiger partial charge in [0.1, 0.15) is 33.6 Å². The summed E-state index contributed by atoms with van der Waals surface area (Å²) in [6, 6.07) is 11.5. The second-order valence-corrected chi connectivity index (χ2v) is 11.1. The van der Waals surface area contributed by atoms with E-state index in [9.17, 15) is 10.2 Å². The first-order valence-corrected chi connectivity index (χ1v) is 14.6. The summed E-state index contributed by atoms with van der Waals surface area (Å²) in [6.07, 6.45) is 5.20. The first-order chi connectivity index (χ1) is 20.3. The van der Waals surface area contributed by atoms with Gasteiger partial charge in [0.2, 0.25) is 12.3 Å². The fraction of sp³-hybridized carbons (Fsp3) is 0.400. The molecular weight excluding hydrogens is 579 g/mol. The number of aliphatic hydroxyl groups is 2. The van der Waals surface area contributed by atoms with Crippen LogP contribution in [0, 0.1) is 0 Å². The number of nitrogens with zero attached hydrogens (tertiary/aromatic N) is 4.